The number of hydrogen-bond acceptors (Lipinski definition) is 2. The van der Waals surface area contributed by atoms with Crippen LogP contribution in [0.3, 0.4) is 0 Å². The minimum Gasteiger partial charge on any atom is -1.00 e. The summed E-state index contributed by atoms with van der Waals surface area (Å²) in [6.45, 7) is 8.83. The van der Waals surface area contributed by atoms with Gasteiger partial charge in [0.2, 0.25) is 10.0 Å². The van der Waals surface area contributed by atoms with Gasteiger partial charge in [-0.25, -0.2) is 8.42 Å². The molecule has 0 aliphatic carbocycles. The molecule has 0 aromatic rings. The molecule has 1 aliphatic rings. The highest BCUT2D eigenvalue weighted by Crippen LogP contribution is 2.15. The maximum atomic E-state index is 12.4. The van der Waals surface area contributed by atoms with Crippen molar-refractivity contribution in [2.45, 2.75) is 78.1 Å². The number of halogens is 1. The lowest BCUT2D eigenvalue weighted by atomic mass is 10.1. The van der Waals surface area contributed by atoms with Crippen molar-refractivity contribution in [3.05, 3.63) is 0 Å². The molecule has 0 spiro atoms. The molecule has 25 heavy (non-hydrogen) atoms. The lowest BCUT2D eigenvalue weighted by molar-refractivity contribution is -0.911. The predicted octanol–water partition coefficient (Wildman–Crippen LogP) is 1.02. The SMILES string of the molecule is CCCCCCCCCCCCS(=O)(=O)N1CC[N+](C)(CC)CC1.[I-]. The average Bonchev–Trinajstić information content (AvgIpc) is 2.57. The molecule has 1 aliphatic heterocycles. The molecule has 152 valence electrons. The van der Waals surface area contributed by atoms with E-state index in [1.165, 1.54) is 51.4 Å². The van der Waals surface area contributed by atoms with Gasteiger partial charge in [0.15, 0.2) is 0 Å². The number of hydrogen-bond donors (Lipinski definition) is 0. The fourth-order valence-electron chi connectivity index (χ4n) is 3.42. The smallest absolute Gasteiger partial charge is 0.214 e. The molecule has 0 aromatic carbocycles. The van der Waals surface area contributed by atoms with Crippen LogP contribution in [-0.2, 0) is 10.0 Å². The molecule has 6 heteroatoms. The van der Waals surface area contributed by atoms with Gasteiger partial charge < -0.3 is 28.5 Å². The third-order valence-corrected chi connectivity index (χ3v) is 7.65. The highest BCUT2D eigenvalue weighted by Gasteiger charge is 2.32. The van der Waals surface area contributed by atoms with Gasteiger partial charge in [0.25, 0.3) is 0 Å². The molecular formula is C19H41IN2O2S. The van der Waals surface area contributed by atoms with Crippen molar-refractivity contribution in [2.24, 2.45) is 0 Å². The number of unbranched alkanes of at least 4 members (excludes halogenated alkanes) is 9. The second kappa shape index (κ2) is 13.7. The summed E-state index contributed by atoms with van der Waals surface area (Å²) < 4.78 is 27.6. The van der Waals surface area contributed by atoms with Crippen LogP contribution in [0.4, 0.5) is 0 Å². The van der Waals surface area contributed by atoms with Crippen molar-refractivity contribution >= 4 is 10.0 Å². The summed E-state index contributed by atoms with van der Waals surface area (Å²) in [6.07, 6.45) is 12.4. The molecule has 0 atom stereocenters. The van der Waals surface area contributed by atoms with Gasteiger partial charge in [-0.15, -0.1) is 0 Å². The molecule has 0 amide bonds. The largest absolute Gasteiger partial charge is 1.00 e. The summed E-state index contributed by atoms with van der Waals surface area (Å²) in [5.41, 5.74) is 0. The van der Waals surface area contributed by atoms with Gasteiger partial charge in [-0.05, 0) is 13.3 Å². The Kier molecular flexibility index (Phi) is 14.1. The maximum absolute atomic E-state index is 12.4. The van der Waals surface area contributed by atoms with E-state index in [2.05, 4.69) is 20.9 Å². The molecule has 0 unspecified atom stereocenters. The fraction of sp³-hybridized carbons (Fsp3) is 1.00. The molecule has 0 saturated carbocycles. The Hall–Kier alpha value is 0.600. The van der Waals surface area contributed by atoms with Crippen LogP contribution in [0.1, 0.15) is 78.1 Å². The fourth-order valence-corrected chi connectivity index (χ4v) is 4.97. The van der Waals surface area contributed by atoms with Gasteiger partial charge in [-0.1, -0.05) is 64.7 Å². The van der Waals surface area contributed by atoms with E-state index < -0.39 is 10.0 Å². The van der Waals surface area contributed by atoms with E-state index >= 15 is 0 Å². The quantitative estimate of drug-likeness (QED) is 0.221. The lowest BCUT2D eigenvalue weighted by Gasteiger charge is -2.40. The molecule has 1 fully saturated rings. The molecule has 0 aromatic heterocycles. The Bertz CT molecular complexity index is 421. The van der Waals surface area contributed by atoms with Gasteiger partial charge >= 0.3 is 0 Å². The first kappa shape index (κ1) is 25.6. The van der Waals surface area contributed by atoms with E-state index in [-0.39, 0.29) is 24.0 Å². The van der Waals surface area contributed by atoms with E-state index in [1.807, 2.05) is 0 Å². The van der Waals surface area contributed by atoms with E-state index in [1.54, 1.807) is 4.31 Å². The van der Waals surface area contributed by atoms with Crippen LogP contribution >= 0.6 is 0 Å². The summed E-state index contributed by atoms with van der Waals surface area (Å²) in [7, 11) is -0.798. The molecule has 1 heterocycles. The number of piperazine rings is 1. The van der Waals surface area contributed by atoms with Gasteiger partial charge in [0, 0.05) is 0 Å². The van der Waals surface area contributed by atoms with Crippen LogP contribution in [0.5, 0.6) is 0 Å². The van der Waals surface area contributed by atoms with E-state index in [9.17, 15) is 8.42 Å². The highest BCUT2D eigenvalue weighted by molar-refractivity contribution is 7.89. The Labute approximate surface area is 174 Å². The molecule has 1 saturated heterocycles. The van der Waals surface area contributed by atoms with Crippen LogP contribution in [0.15, 0.2) is 0 Å². The third-order valence-electron chi connectivity index (χ3n) is 5.69. The normalized spacial score (nSPS) is 18.0. The number of likely N-dealkylation sites (N-methyl/N-ethyl adjacent to an activating group) is 1. The summed E-state index contributed by atoms with van der Waals surface area (Å²) >= 11 is 0. The topological polar surface area (TPSA) is 37.4 Å². The van der Waals surface area contributed by atoms with Crippen molar-refractivity contribution in [3.8, 4) is 0 Å². The summed E-state index contributed by atoms with van der Waals surface area (Å²) in [6, 6.07) is 0. The highest BCUT2D eigenvalue weighted by atomic mass is 127. The van der Waals surface area contributed by atoms with Gasteiger partial charge in [0.05, 0.1) is 45.5 Å². The molecule has 0 bridgehead atoms. The zero-order valence-electron chi connectivity index (χ0n) is 16.8. The first-order valence-electron chi connectivity index (χ1n) is 10.2. The third kappa shape index (κ3) is 10.5. The molecule has 0 N–H and O–H groups in total. The number of nitrogens with zero attached hydrogens (tertiary/aromatic N) is 2. The number of sulfonamides is 1. The zero-order valence-corrected chi connectivity index (χ0v) is 19.8. The first-order valence-corrected chi connectivity index (χ1v) is 11.9. The predicted molar refractivity (Wildman–Crippen MR) is 104 cm³/mol. The second-order valence-electron chi connectivity index (χ2n) is 7.78. The van der Waals surface area contributed by atoms with E-state index in [0.29, 0.717) is 18.8 Å². The number of rotatable bonds is 13. The molecule has 4 nitrogen and oxygen atoms in total. The summed E-state index contributed by atoms with van der Waals surface area (Å²) in [5, 5.41) is 0. The standard InChI is InChI=1S/C19H41N2O2S.HI/c1-4-6-7-8-9-10-11-12-13-14-19-24(22,23)20-15-17-21(3,5-2)18-16-20;/h4-19H2,1-3H3;1H/q+1;/p-1. The van der Waals surface area contributed by atoms with E-state index in [4.69, 9.17) is 0 Å². The van der Waals surface area contributed by atoms with Crippen LogP contribution in [0, 0.1) is 0 Å². The van der Waals surface area contributed by atoms with Crippen molar-refractivity contribution in [1.29, 1.82) is 0 Å². The molecule has 1 rings (SSSR count). The first-order chi connectivity index (χ1) is 11.4. The Morgan fingerprint density at radius 3 is 1.68 bits per heavy atom. The van der Waals surface area contributed by atoms with Crippen LogP contribution < -0.4 is 24.0 Å². The lowest BCUT2D eigenvalue weighted by Crippen LogP contribution is -3.00. The van der Waals surface area contributed by atoms with Crippen LogP contribution in [0.25, 0.3) is 0 Å². The Morgan fingerprint density at radius 2 is 1.24 bits per heavy atom. The zero-order chi connectivity index (χ0) is 17.9. The number of quaternary nitrogens is 1. The monoisotopic (exact) mass is 488 g/mol. The summed E-state index contributed by atoms with van der Waals surface area (Å²) in [4.78, 5) is 0. The van der Waals surface area contributed by atoms with Crippen LogP contribution in [-0.4, -0.2) is 62.7 Å². The van der Waals surface area contributed by atoms with Crippen molar-refractivity contribution in [2.75, 3.05) is 45.5 Å². The Morgan fingerprint density at radius 1 is 0.800 bits per heavy atom. The second-order valence-corrected chi connectivity index (χ2v) is 9.87. The maximum Gasteiger partial charge on any atom is 0.214 e. The van der Waals surface area contributed by atoms with Crippen molar-refractivity contribution < 1.29 is 36.9 Å². The molecule has 0 radical (unpaired) electrons. The van der Waals surface area contributed by atoms with Gasteiger partial charge in [-0.3, -0.25) is 0 Å². The Balaban J connectivity index is 0.00000576. The van der Waals surface area contributed by atoms with Gasteiger partial charge in [0.1, 0.15) is 0 Å². The average molecular weight is 489 g/mol. The van der Waals surface area contributed by atoms with Crippen LogP contribution in [0.2, 0.25) is 0 Å². The van der Waals surface area contributed by atoms with Gasteiger partial charge in [-0.2, -0.15) is 4.31 Å². The minimum absolute atomic E-state index is 0. The van der Waals surface area contributed by atoms with Crippen molar-refractivity contribution in [1.82, 2.24) is 4.31 Å². The van der Waals surface area contributed by atoms with Crippen molar-refractivity contribution in [3.63, 3.8) is 0 Å². The molecular weight excluding hydrogens is 447 g/mol. The van der Waals surface area contributed by atoms with E-state index in [0.717, 1.165) is 37.0 Å². The summed E-state index contributed by atoms with van der Waals surface area (Å²) in [5.74, 6) is 0.347. The minimum atomic E-state index is -3.03.